The largest absolute Gasteiger partial charge is 0.393 e. The number of rotatable bonds is 0. The van der Waals surface area contributed by atoms with Gasteiger partial charge in [-0.1, -0.05) is 13.8 Å². The molecule has 2 heteroatoms. The van der Waals surface area contributed by atoms with Gasteiger partial charge in [-0.25, -0.2) is 0 Å². The van der Waals surface area contributed by atoms with Crippen molar-refractivity contribution in [2.75, 3.05) is 0 Å². The van der Waals surface area contributed by atoms with Gasteiger partial charge in [0.05, 0.1) is 12.2 Å². The minimum absolute atomic E-state index is 0.0589. The van der Waals surface area contributed by atoms with Crippen LogP contribution in [0.3, 0.4) is 0 Å². The van der Waals surface area contributed by atoms with Crippen molar-refractivity contribution in [1.82, 2.24) is 0 Å². The Kier molecular flexibility index (Phi) is 2.35. The summed E-state index contributed by atoms with van der Waals surface area (Å²) in [5, 5.41) is 21.5. The van der Waals surface area contributed by atoms with Crippen molar-refractivity contribution in [3.8, 4) is 0 Å². The second-order valence-corrected chi connectivity index (χ2v) is 9.66. The van der Waals surface area contributed by atoms with Gasteiger partial charge in [0.15, 0.2) is 0 Å². The highest BCUT2D eigenvalue weighted by Gasteiger charge is 2.77. The molecule has 118 valence electrons. The summed E-state index contributed by atoms with van der Waals surface area (Å²) in [5.74, 6) is 2.98. The molecule has 0 amide bonds. The standard InChI is InChI=1S/C19H30O2/c1-17-7-6-14-12(13(17)3-4-15(17)20)9-16(21)19-10-11(19)5-8-18(14,19)2/h11-16,20-21H,3-10H2,1-2H3/t11-,12+,13+,14+,15-,16+,17+,18-,19+/m1/s1. The fraction of sp³-hybridized carbons (Fsp3) is 1.00. The molecule has 0 radical (unpaired) electrons. The van der Waals surface area contributed by atoms with Gasteiger partial charge in [-0.2, -0.15) is 0 Å². The summed E-state index contributed by atoms with van der Waals surface area (Å²) in [6.07, 6.45) is 9.59. The maximum Gasteiger partial charge on any atom is 0.0607 e. The van der Waals surface area contributed by atoms with Gasteiger partial charge < -0.3 is 10.2 Å². The molecule has 0 bridgehead atoms. The Morgan fingerprint density at radius 2 is 1.67 bits per heavy atom. The molecular formula is C19H30O2. The maximum absolute atomic E-state index is 11.0. The fourth-order valence-electron chi connectivity index (χ4n) is 8.28. The maximum atomic E-state index is 11.0. The average Bonchev–Trinajstić information content (AvgIpc) is 3.01. The summed E-state index contributed by atoms with van der Waals surface area (Å²) in [6, 6.07) is 0. The number of aliphatic hydroxyl groups excluding tert-OH is 2. The molecule has 5 rings (SSSR count). The van der Waals surface area contributed by atoms with Crippen LogP contribution in [0.15, 0.2) is 0 Å². The predicted octanol–water partition coefficient (Wildman–Crippen LogP) is 3.36. The van der Waals surface area contributed by atoms with Gasteiger partial charge in [0.25, 0.3) is 0 Å². The van der Waals surface area contributed by atoms with Crippen molar-refractivity contribution >= 4 is 0 Å². The Morgan fingerprint density at radius 1 is 0.857 bits per heavy atom. The zero-order chi connectivity index (χ0) is 14.6. The molecule has 2 nitrogen and oxygen atoms in total. The zero-order valence-electron chi connectivity index (χ0n) is 13.5. The Balaban J connectivity index is 1.55. The van der Waals surface area contributed by atoms with Gasteiger partial charge in [0.2, 0.25) is 0 Å². The van der Waals surface area contributed by atoms with Crippen LogP contribution in [0.25, 0.3) is 0 Å². The van der Waals surface area contributed by atoms with E-state index >= 15 is 0 Å². The zero-order valence-corrected chi connectivity index (χ0v) is 13.5. The third kappa shape index (κ3) is 1.27. The van der Waals surface area contributed by atoms with Crippen molar-refractivity contribution in [1.29, 1.82) is 0 Å². The van der Waals surface area contributed by atoms with Crippen LogP contribution in [0.2, 0.25) is 0 Å². The minimum atomic E-state index is -0.0958. The molecule has 5 aliphatic rings. The lowest BCUT2D eigenvalue weighted by Crippen LogP contribution is -2.56. The highest BCUT2D eigenvalue weighted by molar-refractivity contribution is 5.25. The van der Waals surface area contributed by atoms with Crippen LogP contribution in [0.5, 0.6) is 0 Å². The molecule has 0 aromatic carbocycles. The third-order valence-corrected chi connectivity index (χ3v) is 9.52. The third-order valence-electron chi connectivity index (χ3n) is 9.52. The topological polar surface area (TPSA) is 40.5 Å². The lowest BCUT2D eigenvalue weighted by molar-refractivity contribution is -0.155. The van der Waals surface area contributed by atoms with Crippen LogP contribution >= 0.6 is 0 Å². The van der Waals surface area contributed by atoms with Gasteiger partial charge in [0.1, 0.15) is 0 Å². The molecule has 0 aliphatic heterocycles. The van der Waals surface area contributed by atoms with E-state index in [2.05, 4.69) is 13.8 Å². The number of aliphatic hydroxyl groups is 2. The lowest BCUT2D eigenvalue weighted by atomic mass is 9.46. The van der Waals surface area contributed by atoms with Crippen molar-refractivity contribution in [2.45, 2.75) is 77.4 Å². The van der Waals surface area contributed by atoms with Gasteiger partial charge in [-0.05, 0) is 85.9 Å². The van der Waals surface area contributed by atoms with E-state index in [-0.39, 0.29) is 17.6 Å². The van der Waals surface area contributed by atoms with E-state index in [1.165, 1.54) is 38.5 Å². The summed E-state index contributed by atoms with van der Waals surface area (Å²) in [7, 11) is 0. The molecule has 21 heavy (non-hydrogen) atoms. The summed E-state index contributed by atoms with van der Waals surface area (Å²) in [6.45, 7) is 4.85. The first-order valence-electron chi connectivity index (χ1n) is 9.29. The highest BCUT2D eigenvalue weighted by Crippen LogP contribution is 2.81. The number of fused-ring (bicyclic) bond motifs is 4. The first-order chi connectivity index (χ1) is 9.93. The number of hydrogen-bond acceptors (Lipinski definition) is 2. The van der Waals surface area contributed by atoms with Crippen LogP contribution in [-0.4, -0.2) is 22.4 Å². The predicted molar refractivity (Wildman–Crippen MR) is 81.6 cm³/mol. The molecule has 0 heterocycles. The van der Waals surface area contributed by atoms with E-state index in [4.69, 9.17) is 0 Å². The van der Waals surface area contributed by atoms with Crippen LogP contribution in [0.1, 0.15) is 65.2 Å². The van der Waals surface area contributed by atoms with E-state index in [1.54, 1.807) is 0 Å². The molecule has 1 spiro atoms. The van der Waals surface area contributed by atoms with Gasteiger partial charge >= 0.3 is 0 Å². The SMILES string of the molecule is C[C@]12CC[C@H]3[C@@H](C[C@H](O)[C@]45C[C@H]4CC[C@]35C)[C@@H]1CC[C@H]2O. The lowest BCUT2D eigenvalue weighted by Gasteiger charge is -2.59. The Morgan fingerprint density at radius 3 is 2.43 bits per heavy atom. The van der Waals surface area contributed by atoms with Crippen LogP contribution in [0, 0.1) is 39.9 Å². The molecule has 5 aliphatic carbocycles. The first-order valence-corrected chi connectivity index (χ1v) is 9.29. The Bertz CT molecular complexity index is 490. The van der Waals surface area contributed by atoms with E-state index < -0.39 is 0 Å². The monoisotopic (exact) mass is 290 g/mol. The van der Waals surface area contributed by atoms with Gasteiger partial charge in [-0.15, -0.1) is 0 Å². The van der Waals surface area contributed by atoms with Crippen LogP contribution < -0.4 is 0 Å². The Labute approximate surface area is 128 Å². The van der Waals surface area contributed by atoms with Crippen molar-refractivity contribution in [2.24, 2.45) is 39.9 Å². The van der Waals surface area contributed by atoms with Gasteiger partial charge in [-0.3, -0.25) is 0 Å². The minimum Gasteiger partial charge on any atom is -0.393 e. The molecule has 9 atom stereocenters. The first kappa shape index (κ1) is 13.4. The number of hydrogen-bond donors (Lipinski definition) is 2. The van der Waals surface area contributed by atoms with Crippen LogP contribution in [-0.2, 0) is 0 Å². The summed E-state index contributed by atoms with van der Waals surface area (Å²) in [5.41, 5.74) is 0.845. The van der Waals surface area contributed by atoms with E-state index in [9.17, 15) is 10.2 Å². The fourth-order valence-corrected chi connectivity index (χ4v) is 8.28. The second kappa shape index (κ2) is 3.70. The second-order valence-electron chi connectivity index (χ2n) is 9.66. The quantitative estimate of drug-likeness (QED) is 0.718. The normalized spacial score (nSPS) is 68.0. The van der Waals surface area contributed by atoms with E-state index in [1.807, 2.05) is 0 Å². The molecule has 0 aromatic rings. The average molecular weight is 290 g/mol. The summed E-state index contributed by atoms with van der Waals surface area (Å²) in [4.78, 5) is 0. The summed E-state index contributed by atoms with van der Waals surface area (Å²) >= 11 is 0. The molecular weight excluding hydrogens is 260 g/mol. The Hall–Kier alpha value is -0.0800. The molecule has 5 fully saturated rings. The van der Waals surface area contributed by atoms with E-state index in [0.29, 0.717) is 22.7 Å². The van der Waals surface area contributed by atoms with Crippen LogP contribution in [0.4, 0.5) is 0 Å². The molecule has 2 N–H and O–H groups in total. The molecule has 5 saturated carbocycles. The van der Waals surface area contributed by atoms with Gasteiger partial charge in [0, 0.05) is 5.41 Å². The molecule has 0 saturated heterocycles. The van der Waals surface area contributed by atoms with Crippen molar-refractivity contribution in [3.63, 3.8) is 0 Å². The molecule has 0 unspecified atom stereocenters. The smallest absolute Gasteiger partial charge is 0.0607 e. The molecule has 0 aromatic heterocycles. The van der Waals surface area contributed by atoms with E-state index in [0.717, 1.165) is 24.7 Å². The van der Waals surface area contributed by atoms with Crippen molar-refractivity contribution in [3.05, 3.63) is 0 Å². The summed E-state index contributed by atoms with van der Waals surface area (Å²) < 4.78 is 0. The highest BCUT2D eigenvalue weighted by atomic mass is 16.3. The van der Waals surface area contributed by atoms with Crippen molar-refractivity contribution < 1.29 is 10.2 Å².